The van der Waals surface area contributed by atoms with Gasteiger partial charge >= 0.3 is 0 Å². The molecule has 1 saturated heterocycles. The molecule has 2 heterocycles. The lowest BCUT2D eigenvalue weighted by atomic mass is 10.1. The molecule has 25 heavy (non-hydrogen) atoms. The van der Waals surface area contributed by atoms with Crippen molar-refractivity contribution in [2.45, 2.75) is 45.7 Å². The molecule has 5 heteroatoms. The van der Waals surface area contributed by atoms with Crippen molar-refractivity contribution in [3.8, 4) is 0 Å². The number of likely N-dealkylation sites (N-methyl/N-ethyl adjacent to an activating group) is 1. The zero-order valence-corrected chi connectivity index (χ0v) is 15.4. The summed E-state index contributed by atoms with van der Waals surface area (Å²) in [6, 6.07) is 11.2. The Morgan fingerprint density at radius 1 is 1.36 bits per heavy atom. The Morgan fingerprint density at radius 3 is 2.76 bits per heavy atom. The van der Waals surface area contributed by atoms with E-state index in [1.54, 1.807) is 6.20 Å². The van der Waals surface area contributed by atoms with Crippen LogP contribution in [0.3, 0.4) is 0 Å². The maximum Gasteiger partial charge on any atom is 0.272 e. The van der Waals surface area contributed by atoms with Crippen LogP contribution in [-0.4, -0.2) is 51.4 Å². The number of carbonyl (C=O) groups excluding carboxylic acids is 1. The minimum absolute atomic E-state index is 0.0638. The van der Waals surface area contributed by atoms with E-state index >= 15 is 0 Å². The van der Waals surface area contributed by atoms with Crippen molar-refractivity contribution in [3.63, 3.8) is 0 Å². The number of carbonyl (C=O) groups is 1. The van der Waals surface area contributed by atoms with Crippen LogP contribution >= 0.6 is 0 Å². The van der Waals surface area contributed by atoms with Gasteiger partial charge < -0.3 is 9.88 Å². The summed E-state index contributed by atoms with van der Waals surface area (Å²) >= 11 is 0. The zero-order valence-electron chi connectivity index (χ0n) is 15.4. The second-order valence-electron chi connectivity index (χ2n) is 6.71. The summed E-state index contributed by atoms with van der Waals surface area (Å²) in [4.78, 5) is 24.8. The first-order chi connectivity index (χ1) is 12.1. The number of aromatic nitrogens is 2. The van der Waals surface area contributed by atoms with Gasteiger partial charge in [0.15, 0.2) is 0 Å². The fourth-order valence-electron chi connectivity index (χ4n) is 3.69. The van der Waals surface area contributed by atoms with Crippen molar-refractivity contribution in [1.29, 1.82) is 0 Å². The molecule has 1 fully saturated rings. The van der Waals surface area contributed by atoms with Crippen molar-refractivity contribution < 1.29 is 4.79 Å². The highest BCUT2D eigenvalue weighted by Crippen LogP contribution is 2.27. The molecular formula is C20H28N4O. The Labute approximate surface area is 150 Å². The Hall–Kier alpha value is -2.14. The lowest BCUT2D eigenvalue weighted by Gasteiger charge is -2.29. The summed E-state index contributed by atoms with van der Waals surface area (Å²) in [5, 5.41) is 0. The summed E-state index contributed by atoms with van der Waals surface area (Å²) < 4.78 is 0. The molecule has 0 unspecified atom stereocenters. The summed E-state index contributed by atoms with van der Waals surface area (Å²) in [5.74, 6) is 0.930. The van der Waals surface area contributed by atoms with E-state index in [-0.39, 0.29) is 11.9 Å². The van der Waals surface area contributed by atoms with Gasteiger partial charge in [-0.1, -0.05) is 37.3 Å². The van der Waals surface area contributed by atoms with E-state index in [9.17, 15) is 4.79 Å². The Bertz CT molecular complexity index is 697. The molecule has 0 spiro atoms. The molecule has 2 atom stereocenters. The summed E-state index contributed by atoms with van der Waals surface area (Å²) in [6.07, 6.45) is 3.50. The first-order valence-electron chi connectivity index (χ1n) is 9.27. The molecule has 134 valence electrons. The van der Waals surface area contributed by atoms with Crippen LogP contribution in [0, 0.1) is 0 Å². The summed E-state index contributed by atoms with van der Waals surface area (Å²) in [7, 11) is 0. The highest BCUT2D eigenvalue weighted by molar-refractivity contribution is 5.92. The van der Waals surface area contributed by atoms with Crippen LogP contribution in [-0.2, 0) is 6.42 Å². The molecule has 0 bridgehead atoms. The molecule has 3 rings (SSSR count). The number of H-pyrrole nitrogens is 1. The molecule has 0 aliphatic carbocycles. The molecular weight excluding hydrogens is 312 g/mol. The number of nitrogens with zero attached hydrogens (tertiary/aromatic N) is 3. The third kappa shape index (κ3) is 3.76. The van der Waals surface area contributed by atoms with Gasteiger partial charge in [-0.2, -0.15) is 0 Å². The minimum Gasteiger partial charge on any atom is -0.338 e. The van der Waals surface area contributed by atoms with Crippen molar-refractivity contribution >= 4 is 5.91 Å². The van der Waals surface area contributed by atoms with Crippen molar-refractivity contribution in [2.24, 2.45) is 0 Å². The van der Waals surface area contributed by atoms with Crippen LogP contribution in [0.2, 0.25) is 0 Å². The van der Waals surface area contributed by atoms with E-state index in [1.807, 2.05) is 11.8 Å². The number of hydrogen-bond donors (Lipinski definition) is 1. The maximum absolute atomic E-state index is 12.9. The van der Waals surface area contributed by atoms with Gasteiger partial charge in [-0.15, -0.1) is 0 Å². The summed E-state index contributed by atoms with van der Waals surface area (Å²) in [5.41, 5.74) is 1.94. The van der Waals surface area contributed by atoms with Gasteiger partial charge in [0.1, 0.15) is 11.5 Å². The maximum atomic E-state index is 12.9. The van der Waals surface area contributed by atoms with Crippen LogP contribution in [0.15, 0.2) is 36.5 Å². The first kappa shape index (κ1) is 17.7. The van der Waals surface area contributed by atoms with Crippen molar-refractivity contribution in [2.75, 3.05) is 19.6 Å². The SMILES string of the molecule is CCc1ncc(C(=O)N(CC)[C@@H]2CCN([C@@H](C)c3ccccc3)C2)[nH]1. The number of aromatic amines is 1. The average Bonchev–Trinajstić information content (AvgIpc) is 3.32. The van der Waals surface area contributed by atoms with Gasteiger partial charge in [0.2, 0.25) is 0 Å². The molecule has 0 radical (unpaired) electrons. The molecule has 0 saturated carbocycles. The van der Waals surface area contributed by atoms with Crippen LogP contribution in [0.25, 0.3) is 0 Å². The van der Waals surface area contributed by atoms with Gasteiger partial charge in [-0.3, -0.25) is 9.69 Å². The van der Waals surface area contributed by atoms with Gasteiger partial charge in [0.05, 0.1) is 6.20 Å². The number of likely N-dealkylation sites (tertiary alicyclic amines) is 1. The van der Waals surface area contributed by atoms with Crippen molar-refractivity contribution in [1.82, 2.24) is 19.8 Å². The van der Waals surface area contributed by atoms with Crippen LogP contribution < -0.4 is 0 Å². The molecule has 1 aromatic carbocycles. The van der Waals surface area contributed by atoms with Crippen LogP contribution in [0.4, 0.5) is 0 Å². The predicted molar refractivity (Wildman–Crippen MR) is 99.5 cm³/mol. The largest absolute Gasteiger partial charge is 0.338 e. The Balaban J connectivity index is 1.67. The van der Waals surface area contributed by atoms with Gasteiger partial charge in [-0.25, -0.2) is 4.98 Å². The van der Waals surface area contributed by atoms with E-state index in [0.29, 0.717) is 11.7 Å². The first-order valence-corrected chi connectivity index (χ1v) is 9.27. The van der Waals surface area contributed by atoms with E-state index in [0.717, 1.165) is 38.3 Å². The zero-order chi connectivity index (χ0) is 17.8. The number of aryl methyl sites for hydroxylation is 1. The topological polar surface area (TPSA) is 52.2 Å². The Morgan fingerprint density at radius 2 is 2.12 bits per heavy atom. The van der Waals surface area contributed by atoms with Gasteiger partial charge in [-0.05, 0) is 25.8 Å². The molecule has 5 nitrogen and oxygen atoms in total. The number of amides is 1. The number of imidazole rings is 1. The molecule has 2 aromatic rings. The highest BCUT2D eigenvalue weighted by Gasteiger charge is 2.33. The highest BCUT2D eigenvalue weighted by atomic mass is 16.2. The quantitative estimate of drug-likeness (QED) is 0.878. The van der Waals surface area contributed by atoms with Gasteiger partial charge in [0, 0.05) is 38.1 Å². The number of hydrogen-bond acceptors (Lipinski definition) is 3. The number of nitrogens with one attached hydrogen (secondary N) is 1. The molecule has 1 N–H and O–H groups in total. The van der Waals surface area contributed by atoms with Crippen LogP contribution in [0.5, 0.6) is 0 Å². The predicted octanol–water partition coefficient (Wildman–Crippen LogP) is 3.27. The lowest BCUT2D eigenvalue weighted by molar-refractivity contribution is 0.0683. The number of rotatable bonds is 6. The van der Waals surface area contributed by atoms with Crippen LogP contribution in [0.1, 0.15) is 55.1 Å². The molecule has 1 aliphatic rings. The monoisotopic (exact) mass is 340 g/mol. The third-order valence-electron chi connectivity index (χ3n) is 5.26. The molecule has 1 aromatic heterocycles. The van der Waals surface area contributed by atoms with Gasteiger partial charge in [0.25, 0.3) is 5.91 Å². The minimum atomic E-state index is 0.0638. The fraction of sp³-hybridized carbons (Fsp3) is 0.500. The third-order valence-corrected chi connectivity index (χ3v) is 5.26. The van der Waals surface area contributed by atoms with E-state index in [2.05, 4.69) is 59.0 Å². The normalized spacial score (nSPS) is 19.1. The van der Waals surface area contributed by atoms with E-state index in [1.165, 1.54) is 5.56 Å². The van der Waals surface area contributed by atoms with Crippen molar-refractivity contribution in [3.05, 3.63) is 53.6 Å². The standard InChI is InChI=1S/C20H28N4O/c1-4-19-21-13-18(22-19)20(25)24(5-2)17-11-12-23(14-17)15(3)16-9-7-6-8-10-16/h6-10,13,15,17H,4-5,11-12,14H2,1-3H3,(H,21,22)/t15-,17+/m0/s1. The Kier molecular flexibility index (Phi) is 5.53. The summed E-state index contributed by atoms with van der Waals surface area (Å²) in [6.45, 7) is 9.00. The smallest absolute Gasteiger partial charge is 0.272 e. The second kappa shape index (κ2) is 7.83. The fourth-order valence-corrected chi connectivity index (χ4v) is 3.69. The number of benzene rings is 1. The average molecular weight is 340 g/mol. The molecule has 1 aliphatic heterocycles. The van der Waals surface area contributed by atoms with E-state index < -0.39 is 0 Å². The second-order valence-corrected chi connectivity index (χ2v) is 6.71. The molecule has 1 amide bonds. The van der Waals surface area contributed by atoms with E-state index in [4.69, 9.17) is 0 Å². The lowest BCUT2D eigenvalue weighted by Crippen LogP contribution is -2.42.